The van der Waals surface area contributed by atoms with Gasteiger partial charge >= 0.3 is 5.97 Å². The molecule has 4 nitrogen and oxygen atoms in total. The van der Waals surface area contributed by atoms with Gasteiger partial charge in [0, 0.05) is 6.04 Å². The standard InChI is InChI=1S/C14H20N2O2/c1-3-18-14(17)11-6-7-12(15)13(8-11)16-9(2)10-4-5-10/h6-10,16H,3-5,15H2,1-2H3. The number of nitrogen functional groups attached to an aromatic ring is 1. The van der Waals surface area contributed by atoms with Gasteiger partial charge in [0.25, 0.3) is 0 Å². The monoisotopic (exact) mass is 248 g/mol. The molecule has 0 heterocycles. The van der Waals surface area contributed by atoms with E-state index in [9.17, 15) is 4.79 Å². The van der Waals surface area contributed by atoms with Crippen LogP contribution in [0.15, 0.2) is 18.2 Å². The van der Waals surface area contributed by atoms with E-state index < -0.39 is 0 Å². The second kappa shape index (κ2) is 5.29. The molecule has 18 heavy (non-hydrogen) atoms. The van der Waals surface area contributed by atoms with Crippen molar-refractivity contribution in [2.75, 3.05) is 17.7 Å². The van der Waals surface area contributed by atoms with E-state index in [0.29, 0.717) is 23.9 Å². The van der Waals surface area contributed by atoms with Gasteiger partial charge in [-0.05, 0) is 50.8 Å². The molecule has 1 aliphatic rings. The lowest BCUT2D eigenvalue weighted by Crippen LogP contribution is -2.18. The van der Waals surface area contributed by atoms with Crippen molar-refractivity contribution in [2.24, 2.45) is 5.92 Å². The molecule has 1 aromatic rings. The minimum Gasteiger partial charge on any atom is -0.462 e. The predicted molar refractivity (Wildman–Crippen MR) is 72.6 cm³/mol. The van der Waals surface area contributed by atoms with E-state index in [1.807, 2.05) is 0 Å². The molecule has 0 radical (unpaired) electrons. The van der Waals surface area contributed by atoms with E-state index in [0.717, 1.165) is 11.6 Å². The summed E-state index contributed by atoms with van der Waals surface area (Å²) in [5.74, 6) is 0.426. The van der Waals surface area contributed by atoms with Crippen molar-refractivity contribution in [2.45, 2.75) is 32.7 Å². The third-order valence-corrected chi connectivity index (χ3v) is 3.28. The molecule has 0 aliphatic heterocycles. The van der Waals surface area contributed by atoms with Crippen molar-refractivity contribution in [3.63, 3.8) is 0 Å². The highest BCUT2D eigenvalue weighted by Gasteiger charge is 2.28. The van der Waals surface area contributed by atoms with Gasteiger partial charge in [-0.15, -0.1) is 0 Å². The smallest absolute Gasteiger partial charge is 0.338 e. The van der Waals surface area contributed by atoms with Crippen LogP contribution in [0.3, 0.4) is 0 Å². The quantitative estimate of drug-likeness (QED) is 0.621. The normalized spacial score (nSPS) is 16.1. The Morgan fingerprint density at radius 2 is 2.28 bits per heavy atom. The van der Waals surface area contributed by atoms with Crippen LogP contribution < -0.4 is 11.1 Å². The van der Waals surface area contributed by atoms with Gasteiger partial charge in [-0.3, -0.25) is 0 Å². The Balaban J connectivity index is 2.12. The molecular weight excluding hydrogens is 228 g/mol. The molecule has 0 aromatic heterocycles. The van der Waals surface area contributed by atoms with E-state index in [4.69, 9.17) is 10.5 Å². The van der Waals surface area contributed by atoms with Crippen LogP contribution in [0.2, 0.25) is 0 Å². The zero-order valence-corrected chi connectivity index (χ0v) is 10.9. The Labute approximate surface area is 108 Å². The fourth-order valence-corrected chi connectivity index (χ4v) is 1.98. The van der Waals surface area contributed by atoms with E-state index in [-0.39, 0.29) is 5.97 Å². The van der Waals surface area contributed by atoms with Crippen molar-refractivity contribution in [3.05, 3.63) is 23.8 Å². The number of esters is 1. The molecule has 0 spiro atoms. The summed E-state index contributed by atoms with van der Waals surface area (Å²) in [5, 5.41) is 3.38. The Morgan fingerprint density at radius 1 is 1.56 bits per heavy atom. The lowest BCUT2D eigenvalue weighted by molar-refractivity contribution is 0.0526. The molecule has 0 saturated heterocycles. The largest absolute Gasteiger partial charge is 0.462 e. The van der Waals surface area contributed by atoms with Crippen molar-refractivity contribution >= 4 is 17.3 Å². The summed E-state index contributed by atoms with van der Waals surface area (Å²) in [7, 11) is 0. The number of hydrogen-bond acceptors (Lipinski definition) is 4. The van der Waals surface area contributed by atoms with Crippen LogP contribution in [0, 0.1) is 5.92 Å². The predicted octanol–water partition coefficient (Wildman–Crippen LogP) is 2.66. The highest BCUT2D eigenvalue weighted by molar-refractivity contribution is 5.92. The molecule has 2 rings (SSSR count). The number of ether oxygens (including phenoxy) is 1. The van der Waals surface area contributed by atoms with Gasteiger partial charge < -0.3 is 15.8 Å². The summed E-state index contributed by atoms with van der Waals surface area (Å²) in [6.07, 6.45) is 2.54. The lowest BCUT2D eigenvalue weighted by atomic mass is 10.1. The first-order valence-corrected chi connectivity index (χ1v) is 6.45. The zero-order chi connectivity index (χ0) is 13.1. The topological polar surface area (TPSA) is 64.3 Å². The van der Waals surface area contributed by atoms with Crippen LogP contribution in [0.4, 0.5) is 11.4 Å². The number of rotatable bonds is 5. The molecule has 1 atom stereocenters. The van der Waals surface area contributed by atoms with Gasteiger partial charge in [-0.1, -0.05) is 0 Å². The highest BCUT2D eigenvalue weighted by atomic mass is 16.5. The minimum absolute atomic E-state index is 0.306. The second-order valence-electron chi connectivity index (χ2n) is 4.79. The first kappa shape index (κ1) is 12.7. The zero-order valence-electron chi connectivity index (χ0n) is 10.9. The number of carbonyl (C=O) groups excluding carboxylic acids is 1. The molecule has 1 aromatic carbocycles. The van der Waals surface area contributed by atoms with Gasteiger partial charge in [0.2, 0.25) is 0 Å². The van der Waals surface area contributed by atoms with Gasteiger partial charge in [-0.2, -0.15) is 0 Å². The van der Waals surface area contributed by atoms with Crippen molar-refractivity contribution < 1.29 is 9.53 Å². The molecule has 1 fully saturated rings. The third kappa shape index (κ3) is 2.94. The number of carbonyl (C=O) groups is 1. The number of benzene rings is 1. The van der Waals surface area contributed by atoms with Gasteiger partial charge in [0.1, 0.15) is 0 Å². The van der Waals surface area contributed by atoms with E-state index in [2.05, 4.69) is 12.2 Å². The van der Waals surface area contributed by atoms with Crippen molar-refractivity contribution in [1.29, 1.82) is 0 Å². The fourth-order valence-electron chi connectivity index (χ4n) is 1.98. The summed E-state index contributed by atoms with van der Waals surface area (Å²) in [6, 6.07) is 5.60. The van der Waals surface area contributed by atoms with Crippen LogP contribution in [0.5, 0.6) is 0 Å². The molecule has 3 N–H and O–H groups in total. The second-order valence-corrected chi connectivity index (χ2v) is 4.79. The summed E-state index contributed by atoms with van der Waals surface area (Å²) in [4.78, 5) is 11.6. The maximum Gasteiger partial charge on any atom is 0.338 e. The molecule has 0 bridgehead atoms. The number of hydrogen-bond donors (Lipinski definition) is 2. The van der Waals surface area contributed by atoms with E-state index >= 15 is 0 Å². The van der Waals surface area contributed by atoms with Crippen LogP contribution in [0.1, 0.15) is 37.0 Å². The molecular formula is C14H20N2O2. The van der Waals surface area contributed by atoms with Crippen LogP contribution in [0.25, 0.3) is 0 Å². The van der Waals surface area contributed by atoms with Crippen molar-refractivity contribution in [1.82, 2.24) is 0 Å². The summed E-state index contributed by atoms with van der Waals surface area (Å²) in [5.41, 5.74) is 7.94. The van der Waals surface area contributed by atoms with E-state index in [1.54, 1.807) is 25.1 Å². The molecule has 0 amide bonds. The SMILES string of the molecule is CCOC(=O)c1ccc(N)c(NC(C)C2CC2)c1. The number of anilines is 2. The molecule has 98 valence electrons. The average Bonchev–Trinajstić information content (AvgIpc) is 3.16. The Kier molecular flexibility index (Phi) is 3.75. The van der Waals surface area contributed by atoms with Gasteiger partial charge in [0.05, 0.1) is 23.5 Å². The summed E-state index contributed by atoms with van der Waals surface area (Å²) >= 11 is 0. The number of nitrogens with one attached hydrogen (secondary N) is 1. The van der Waals surface area contributed by atoms with Crippen molar-refractivity contribution in [3.8, 4) is 0 Å². The third-order valence-electron chi connectivity index (χ3n) is 3.28. The average molecular weight is 248 g/mol. The molecule has 1 unspecified atom stereocenters. The fraction of sp³-hybridized carbons (Fsp3) is 0.500. The first-order valence-electron chi connectivity index (χ1n) is 6.45. The lowest BCUT2D eigenvalue weighted by Gasteiger charge is -2.16. The Hall–Kier alpha value is -1.71. The van der Waals surface area contributed by atoms with Gasteiger partial charge in [0.15, 0.2) is 0 Å². The first-order chi connectivity index (χ1) is 8.61. The molecule has 1 aliphatic carbocycles. The summed E-state index contributed by atoms with van der Waals surface area (Å²) < 4.78 is 4.98. The van der Waals surface area contributed by atoms with Crippen LogP contribution in [-0.4, -0.2) is 18.6 Å². The van der Waals surface area contributed by atoms with Gasteiger partial charge in [-0.25, -0.2) is 4.79 Å². The maximum absolute atomic E-state index is 11.6. The Bertz CT molecular complexity index is 441. The molecule has 4 heteroatoms. The summed E-state index contributed by atoms with van der Waals surface area (Å²) in [6.45, 7) is 4.32. The van der Waals surface area contributed by atoms with Crippen LogP contribution in [-0.2, 0) is 4.74 Å². The van der Waals surface area contributed by atoms with E-state index in [1.165, 1.54) is 12.8 Å². The molecule has 1 saturated carbocycles. The highest BCUT2D eigenvalue weighted by Crippen LogP contribution is 2.35. The van der Waals surface area contributed by atoms with Crippen LogP contribution >= 0.6 is 0 Å². The number of nitrogens with two attached hydrogens (primary N) is 1. The maximum atomic E-state index is 11.6. The minimum atomic E-state index is -0.306. The Morgan fingerprint density at radius 3 is 2.89 bits per heavy atom.